The minimum atomic E-state index is -0.464. The molecule has 0 unspecified atom stereocenters. The normalized spacial score (nSPS) is 9.91. The van der Waals surface area contributed by atoms with Crippen LogP contribution < -0.4 is 10.6 Å². The Morgan fingerprint density at radius 3 is 2.45 bits per heavy atom. The molecule has 0 aromatic heterocycles. The number of aryl methyl sites for hydroxylation is 1. The number of carbonyl (C=O) groups is 2. The van der Waals surface area contributed by atoms with Crippen molar-refractivity contribution in [3.63, 3.8) is 0 Å². The second-order valence-corrected chi connectivity index (χ2v) is 4.74. The summed E-state index contributed by atoms with van der Waals surface area (Å²) in [6.07, 6.45) is 1.12. The predicted molar refractivity (Wildman–Crippen MR) is 85.6 cm³/mol. The Kier molecular flexibility index (Phi) is 6.95. The van der Waals surface area contributed by atoms with Crippen molar-refractivity contribution < 1.29 is 19.1 Å². The van der Waals surface area contributed by atoms with Crippen LogP contribution in [0.25, 0.3) is 0 Å². The first kappa shape index (κ1) is 17.6. The molecule has 6 heteroatoms. The first-order valence-corrected chi connectivity index (χ1v) is 6.97. The highest BCUT2D eigenvalue weighted by molar-refractivity contribution is 5.81. The van der Waals surface area contributed by atoms with E-state index in [4.69, 9.17) is 15.2 Å². The Morgan fingerprint density at radius 1 is 1.27 bits per heavy atom. The lowest BCUT2D eigenvalue weighted by Gasteiger charge is -2.25. The quantitative estimate of drug-likeness (QED) is 0.447. The number of rotatable bonds is 8. The lowest BCUT2D eigenvalue weighted by Crippen LogP contribution is -2.32. The second-order valence-electron chi connectivity index (χ2n) is 4.74. The van der Waals surface area contributed by atoms with Crippen LogP contribution in [-0.4, -0.2) is 38.2 Å². The fourth-order valence-corrected chi connectivity index (χ4v) is 1.84. The molecule has 0 bridgehead atoms. The fourth-order valence-electron chi connectivity index (χ4n) is 1.84. The summed E-state index contributed by atoms with van der Waals surface area (Å²) in [5, 5.41) is 0. The summed E-state index contributed by atoms with van der Waals surface area (Å²) in [6.45, 7) is 8.08. The van der Waals surface area contributed by atoms with Crippen molar-refractivity contribution in [3.05, 3.63) is 36.4 Å². The van der Waals surface area contributed by atoms with Gasteiger partial charge in [0.15, 0.2) is 0 Å². The summed E-state index contributed by atoms with van der Waals surface area (Å²) in [7, 11) is 0. The molecular formula is C16H22N2O4. The average Bonchev–Trinajstić information content (AvgIpc) is 2.48. The second kappa shape index (κ2) is 8.71. The number of benzene rings is 1. The third-order valence-corrected chi connectivity index (χ3v) is 3.06. The van der Waals surface area contributed by atoms with Gasteiger partial charge in [-0.1, -0.05) is 6.58 Å². The molecule has 0 aliphatic carbocycles. The first-order chi connectivity index (χ1) is 10.4. The smallest absolute Gasteiger partial charge is 0.330 e. The largest absolute Gasteiger partial charge is 0.464 e. The lowest BCUT2D eigenvalue weighted by atomic mass is 10.1. The minimum absolute atomic E-state index is 0.217. The van der Waals surface area contributed by atoms with E-state index in [1.807, 2.05) is 30.0 Å². The maximum atomic E-state index is 11.1. The molecule has 0 aliphatic rings. The number of hydrogen-bond acceptors (Lipinski definition) is 6. The van der Waals surface area contributed by atoms with Crippen LogP contribution in [0.4, 0.5) is 11.4 Å². The number of anilines is 2. The number of esters is 2. The highest BCUT2D eigenvalue weighted by Gasteiger charge is 2.09. The maximum Gasteiger partial charge on any atom is 0.330 e. The van der Waals surface area contributed by atoms with Crippen LogP contribution in [0.3, 0.4) is 0 Å². The van der Waals surface area contributed by atoms with Gasteiger partial charge < -0.3 is 20.1 Å². The molecule has 120 valence electrons. The summed E-state index contributed by atoms with van der Waals surface area (Å²) >= 11 is 0. The van der Waals surface area contributed by atoms with Gasteiger partial charge in [-0.15, -0.1) is 0 Å². The number of nitrogens with zero attached hydrogens (tertiary/aromatic N) is 1. The summed E-state index contributed by atoms with van der Waals surface area (Å²) in [5.41, 5.74) is 8.41. The number of nitrogen functional groups attached to an aromatic ring is 1. The molecule has 0 saturated heterocycles. The van der Waals surface area contributed by atoms with E-state index in [1.54, 1.807) is 0 Å². The van der Waals surface area contributed by atoms with Gasteiger partial charge in [-0.2, -0.15) is 0 Å². The number of nitrogens with two attached hydrogens (primary N) is 1. The molecule has 2 N–H and O–H groups in total. The van der Waals surface area contributed by atoms with Gasteiger partial charge in [0.1, 0.15) is 13.2 Å². The van der Waals surface area contributed by atoms with Crippen molar-refractivity contribution in [1.82, 2.24) is 0 Å². The fraction of sp³-hybridized carbons (Fsp3) is 0.375. The zero-order valence-corrected chi connectivity index (χ0v) is 13.0. The lowest BCUT2D eigenvalue weighted by molar-refractivity contribution is -0.140. The number of hydrogen-bond donors (Lipinski definition) is 1. The molecule has 0 amide bonds. The Labute approximate surface area is 130 Å². The Bertz CT molecular complexity index is 543. The van der Waals surface area contributed by atoms with Crippen molar-refractivity contribution in [2.45, 2.75) is 13.8 Å². The van der Waals surface area contributed by atoms with Crippen LogP contribution in [0.15, 0.2) is 30.9 Å². The zero-order valence-electron chi connectivity index (χ0n) is 13.0. The van der Waals surface area contributed by atoms with E-state index in [0.717, 1.165) is 17.3 Å². The van der Waals surface area contributed by atoms with Crippen LogP contribution in [0, 0.1) is 6.92 Å². The standard InChI is InChI=1S/C16H22N2O4/c1-4-16(20)22-10-8-18(7-9-21-13(3)19)14-5-6-15(17)12(2)11-14/h4-6,11H,1,7-10,17H2,2-3H3. The van der Waals surface area contributed by atoms with Gasteiger partial charge >= 0.3 is 11.9 Å². The van der Waals surface area contributed by atoms with Crippen molar-refractivity contribution >= 4 is 23.3 Å². The third-order valence-electron chi connectivity index (χ3n) is 3.06. The van der Waals surface area contributed by atoms with Gasteiger partial charge in [-0.05, 0) is 30.7 Å². The molecule has 1 aromatic carbocycles. The van der Waals surface area contributed by atoms with E-state index in [0.29, 0.717) is 18.8 Å². The molecule has 22 heavy (non-hydrogen) atoms. The molecular weight excluding hydrogens is 284 g/mol. The van der Waals surface area contributed by atoms with E-state index in [2.05, 4.69) is 6.58 Å². The number of ether oxygens (including phenoxy) is 2. The van der Waals surface area contributed by atoms with Crippen LogP contribution in [0.1, 0.15) is 12.5 Å². The molecule has 1 aromatic rings. The van der Waals surface area contributed by atoms with Gasteiger partial charge in [-0.25, -0.2) is 4.79 Å². The Balaban J connectivity index is 2.71. The SMILES string of the molecule is C=CC(=O)OCCN(CCOC(C)=O)c1ccc(N)c(C)c1. The molecule has 0 radical (unpaired) electrons. The maximum absolute atomic E-state index is 11.1. The summed E-state index contributed by atoms with van der Waals surface area (Å²) in [5.74, 6) is -0.792. The molecule has 0 heterocycles. The number of carbonyl (C=O) groups excluding carboxylic acids is 2. The van der Waals surface area contributed by atoms with Gasteiger partial charge in [0, 0.05) is 24.4 Å². The van der Waals surface area contributed by atoms with Crippen LogP contribution >= 0.6 is 0 Å². The summed E-state index contributed by atoms with van der Waals surface area (Å²) < 4.78 is 9.96. The highest BCUT2D eigenvalue weighted by atomic mass is 16.5. The van der Waals surface area contributed by atoms with E-state index >= 15 is 0 Å². The Morgan fingerprint density at radius 2 is 1.91 bits per heavy atom. The summed E-state index contributed by atoms with van der Waals surface area (Å²) in [4.78, 5) is 23.9. The first-order valence-electron chi connectivity index (χ1n) is 6.97. The Hall–Kier alpha value is -2.50. The van der Waals surface area contributed by atoms with E-state index in [9.17, 15) is 9.59 Å². The molecule has 0 saturated carbocycles. The van der Waals surface area contributed by atoms with Gasteiger partial charge in [0.05, 0.1) is 13.1 Å². The molecule has 0 aliphatic heterocycles. The zero-order chi connectivity index (χ0) is 16.5. The van der Waals surface area contributed by atoms with Crippen LogP contribution in [0.2, 0.25) is 0 Å². The van der Waals surface area contributed by atoms with Crippen molar-refractivity contribution in [2.24, 2.45) is 0 Å². The van der Waals surface area contributed by atoms with Gasteiger partial charge in [0.25, 0.3) is 0 Å². The van der Waals surface area contributed by atoms with Crippen molar-refractivity contribution in [2.75, 3.05) is 36.9 Å². The van der Waals surface area contributed by atoms with Crippen molar-refractivity contribution in [1.29, 1.82) is 0 Å². The topological polar surface area (TPSA) is 81.9 Å². The average molecular weight is 306 g/mol. The third kappa shape index (κ3) is 5.87. The molecule has 0 spiro atoms. The van der Waals surface area contributed by atoms with Crippen molar-refractivity contribution in [3.8, 4) is 0 Å². The molecule has 1 rings (SSSR count). The van der Waals surface area contributed by atoms with Gasteiger partial charge in [0.2, 0.25) is 0 Å². The summed E-state index contributed by atoms with van der Waals surface area (Å²) in [6, 6.07) is 5.64. The molecule has 0 atom stereocenters. The van der Waals surface area contributed by atoms with Crippen LogP contribution in [-0.2, 0) is 19.1 Å². The van der Waals surface area contributed by atoms with Gasteiger partial charge in [-0.3, -0.25) is 4.79 Å². The predicted octanol–water partition coefficient (Wildman–Crippen LogP) is 1.68. The van der Waals surface area contributed by atoms with E-state index < -0.39 is 5.97 Å². The minimum Gasteiger partial charge on any atom is -0.464 e. The van der Waals surface area contributed by atoms with Crippen LogP contribution in [0.5, 0.6) is 0 Å². The van der Waals surface area contributed by atoms with E-state index in [-0.39, 0.29) is 19.2 Å². The molecule has 0 fully saturated rings. The molecule has 6 nitrogen and oxygen atoms in total. The highest BCUT2D eigenvalue weighted by Crippen LogP contribution is 2.20. The van der Waals surface area contributed by atoms with E-state index in [1.165, 1.54) is 6.92 Å². The monoisotopic (exact) mass is 306 g/mol.